The van der Waals surface area contributed by atoms with Crippen molar-refractivity contribution in [3.63, 3.8) is 0 Å². The van der Waals surface area contributed by atoms with E-state index in [1.54, 1.807) is 34.6 Å². The van der Waals surface area contributed by atoms with E-state index in [9.17, 15) is 19.7 Å². The first-order chi connectivity index (χ1) is 12.8. The number of rotatable bonds is 8. The maximum atomic E-state index is 11.9. The number of nitro groups is 1. The molecule has 0 heterocycles. The Kier molecular flexibility index (Phi) is 7.60. The highest BCUT2D eigenvalue weighted by Crippen LogP contribution is 2.31. The molecule has 0 unspecified atom stereocenters. The van der Waals surface area contributed by atoms with Crippen molar-refractivity contribution >= 4 is 17.7 Å². The number of non-ortho nitro benzene ring substituents is 1. The molecular weight excluding hydrogens is 372 g/mol. The summed E-state index contributed by atoms with van der Waals surface area (Å²) in [4.78, 5) is 33.8. The van der Waals surface area contributed by atoms with Crippen molar-refractivity contribution in [1.82, 2.24) is 5.32 Å². The normalized spacial score (nSPS) is 11.4. The number of benzene rings is 1. The van der Waals surface area contributed by atoms with Crippen molar-refractivity contribution in [2.75, 3.05) is 20.3 Å². The number of methoxy groups -OCH3 is 1. The molecule has 0 aliphatic rings. The number of alkyl carbamates (subject to hydrolysis) is 1. The summed E-state index contributed by atoms with van der Waals surface area (Å²) in [5, 5.41) is 13.1. The van der Waals surface area contributed by atoms with Crippen LogP contribution in [-0.2, 0) is 14.3 Å². The molecule has 0 saturated carbocycles. The van der Waals surface area contributed by atoms with Crippen LogP contribution >= 0.6 is 0 Å². The lowest BCUT2D eigenvalue weighted by Crippen LogP contribution is -2.40. The standard InChI is InChI=1S/C18H26N2O8/c1-17(2,3)28-16(22)19-10-15(21)27-18(4,5)11-26-13-8-7-12(20(23)24)9-14(13)25-6/h7-9H,10-11H2,1-6H3,(H,19,22). The summed E-state index contributed by atoms with van der Waals surface area (Å²) in [6.45, 7) is 7.96. The number of nitrogens with zero attached hydrogens (tertiary/aromatic N) is 1. The smallest absolute Gasteiger partial charge is 0.408 e. The average Bonchev–Trinajstić information content (AvgIpc) is 2.56. The van der Waals surface area contributed by atoms with Crippen molar-refractivity contribution in [3.05, 3.63) is 28.3 Å². The summed E-state index contributed by atoms with van der Waals surface area (Å²) in [5.41, 5.74) is -1.84. The number of amides is 1. The van der Waals surface area contributed by atoms with Crippen LogP contribution in [0.15, 0.2) is 18.2 Å². The Morgan fingerprint density at radius 3 is 2.29 bits per heavy atom. The minimum Gasteiger partial charge on any atom is -0.493 e. The van der Waals surface area contributed by atoms with Crippen molar-refractivity contribution < 1.29 is 33.5 Å². The molecule has 0 aliphatic heterocycles. The summed E-state index contributed by atoms with van der Waals surface area (Å²) in [5.74, 6) is -0.220. The number of hydrogen-bond donors (Lipinski definition) is 1. The number of carbonyl (C=O) groups is 2. The zero-order chi connectivity index (χ0) is 21.5. The molecular formula is C18H26N2O8. The van der Waals surface area contributed by atoms with Crippen LogP contribution in [-0.4, -0.2) is 48.4 Å². The highest BCUT2D eigenvalue weighted by atomic mass is 16.6. The molecule has 10 nitrogen and oxygen atoms in total. The molecule has 10 heteroatoms. The van der Waals surface area contributed by atoms with Crippen LogP contribution in [0.5, 0.6) is 11.5 Å². The van der Waals surface area contributed by atoms with Gasteiger partial charge in [0.25, 0.3) is 5.69 Å². The molecule has 1 rings (SSSR count). The van der Waals surface area contributed by atoms with Crippen molar-refractivity contribution in [2.24, 2.45) is 0 Å². The summed E-state index contributed by atoms with van der Waals surface area (Å²) >= 11 is 0. The number of hydrogen-bond acceptors (Lipinski definition) is 8. The summed E-state index contributed by atoms with van der Waals surface area (Å²) in [6.07, 6.45) is -0.728. The molecule has 1 aromatic rings. The zero-order valence-corrected chi connectivity index (χ0v) is 16.9. The molecule has 1 aromatic carbocycles. The fourth-order valence-corrected chi connectivity index (χ4v) is 1.97. The van der Waals surface area contributed by atoms with Gasteiger partial charge in [-0.15, -0.1) is 0 Å². The Labute approximate surface area is 163 Å². The van der Waals surface area contributed by atoms with E-state index in [-0.39, 0.29) is 30.3 Å². The molecule has 0 spiro atoms. The third kappa shape index (κ3) is 8.11. The molecule has 0 aromatic heterocycles. The Morgan fingerprint density at radius 1 is 1.11 bits per heavy atom. The second kappa shape index (κ2) is 9.25. The number of nitro benzene ring substituents is 1. The van der Waals surface area contributed by atoms with E-state index in [0.717, 1.165) is 0 Å². The lowest BCUT2D eigenvalue weighted by Gasteiger charge is -2.26. The first kappa shape index (κ1) is 23.0. The fraction of sp³-hybridized carbons (Fsp3) is 0.556. The summed E-state index contributed by atoms with van der Waals surface area (Å²) < 4.78 is 21.0. The first-order valence-corrected chi connectivity index (χ1v) is 8.47. The molecule has 0 bridgehead atoms. The summed E-state index contributed by atoms with van der Waals surface area (Å²) in [6, 6.07) is 3.92. The summed E-state index contributed by atoms with van der Waals surface area (Å²) in [7, 11) is 1.36. The molecule has 0 atom stereocenters. The zero-order valence-electron chi connectivity index (χ0n) is 16.9. The van der Waals surface area contributed by atoms with E-state index >= 15 is 0 Å². The van der Waals surface area contributed by atoms with E-state index < -0.39 is 28.2 Å². The second-order valence-corrected chi connectivity index (χ2v) is 7.47. The van der Waals surface area contributed by atoms with E-state index in [4.69, 9.17) is 18.9 Å². The van der Waals surface area contributed by atoms with Gasteiger partial charge in [0.1, 0.15) is 24.4 Å². The van der Waals surface area contributed by atoms with Crippen LogP contribution in [0.2, 0.25) is 0 Å². The SMILES string of the molecule is COc1cc([N+](=O)[O-])ccc1OCC(C)(C)OC(=O)CNC(=O)OC(C)(C)C. The van der Waals surface area contributed by atoms with Crippen LogP contribution in [0.1, 0.15) is 34.6 Å². The van der Waals surface area contributed by atoms with Gasteiger partial charge in [-0.25, -0.2) is 4.79 Å². The molecule has 0 radical (unpaired) electrons. The van der Waals surface area contributed by atoms with Gasteiger partial charge < -0.3 is 24.3 Å². The van der Waals surface area contributed by atoms with E-state index in [1.165, 1.54) is 25.3 Å². The van der Waals surface area contributed by atoms with Gasteiger partial charge in [0.15, 0.2) is 11.5 Å². The maximum Gasteiger partial charge on any atom is 0.408 e. The quantitative estimate of drug-likeness (QED) is 0.402. The lowest BCUT2D eigenvalue weighted by atomic mass is 10.1. The topological polar surface area (TPSA) is 126 Å². The molecule has 156 valence electrons. The highest BCUT2D eigenvalue weighted by Gasteiger charge is 2.26. The Bertz CT molecular complexity index is 725. The van der Waals surface area contributed by atoms with Gasteiger partial charge >= 0.3 is 12.1 Å². The van der Waals surface area contributed by atoms with E-state index in [1.807, 2.05) is 0 Å². The average molecular weight is 398 g/mol. The molecule has 0 fully saturated rings. The lowest BCUT2D eigenvalue weighted by molar-refractivity contribution is -0.385. The second-order valence-electron chi connectivity index (χ2n) is 7.47. The molecule has 28 heavy (non-hydrogen) atoms. The molecule has 0 saturated heterocycles. The van der Waals surface area contributed by atoms with Gasteiger partial charge in [-0.1, -0.05) is 0 Å². The predicted octanol–water partition coefficient (Wildman–Crippen LogP) is 2.83. The Balaban J connectivity index is 2.59. The van der Waals surface area contributed by atoms with Crippen LogP contribution in [0.25, 0.3) is 0 Å². The van der Waals surface area contributed by atoms with Gasteiger partial charge in [-0.05, 0) is 40.7 Å². The minimum atomic E-state index is -1.03. The van der Waals surface area contributed by atoms with Gasteiger partial charge in [0.2, 0.25) is 0 Å². The maximum absolute atomic E-state index is 11.9. The number of ether oxygens (including phenoxy) is 4. The monoisotopic (exact) mass is 398 g/mol. The van der Waals surface area contributed by atoms with E-state index in [2.05, 4.69) is 5.32 Å². The van der Waals surface area contributed by atoms with Crippen LogP contribution in [0.3, 0.4) is 0 Å². The molecule has 1 amide bonds. The molecule has 0 aliphatic carbocycles. The third-order valence-electron chi connectivity index (χ3n) is 3.10. The fourth-order valence-electron chi connectivity index (χ4n) is 1.97. The highest BCUT2D eigenvalue weighted by molar-refractivity contribution is 5.78. The number of nitrogens with one attached hydrogen (secondary N) is 1. The van der Waals surface area contributed by atoms with Gasteiger partial charge in [-0.2, -0.15) is 0 Å². The van der Waals surface area contributed by atoms with E-state index in [0.29, 0.717) is 0 Å². The van der Waals surface area contributed by atoms with Gasteiger partial charge in [-0.3, -0.25) is 14.9 Å². The van der Waals surface area contributed by atoms with Crippen LogP contribution in [0, 0.1) is 10.1 Å². The van der Waals surface area contributed by atoms with Crippen LogP contribution < -0.4 is 14.8 Å². The Morgan fingerprint density at radius 2 is 1.75 bits per heavy atom. The predicted molar refractivity (Wildman–Crippen MR) is 99.6 cm³/mol. The van der Waals surface area contributed by atoms with Crippen molar-refractivity contribution in [3.8, 4) is 11.5 Å². The van der Waals surface area contributed by atoms with Gasteiger partial charge in [0, 0.05) is 6.07 Å². The largest absolute Gasteiger partial charge is 0.493 e. The number of esters is 1. The van der Waals surface area contributed by atoms with Crippen LogP contribution in [0.4, 0.5) is 10.5 Å². The van der Waals surface area contributed by atoms with Crippen molar-refractivity contribution in [1.29, 1.82) is 0 Å². The van der Waals surface area contributed by atoms with Gasteiger partial charge in [0.05, 0.1) is 18.1 Å². The first-order valence-electron chi connectivity index (χ1n) is 8.47. The third-order valence-corrected chi connectivity index (χ3v) is 3.10. The minimum absolute atomic E-state index is 0.0423. The number of carbonyl (C=O) groups excluding carboxylic acids is 2. The van der Waals surface area contributed by atoms with Crippen molar-refractivity contribution in [2.45, 2.75) is 45.8 Å². The Hall–Kier alpha value is -3.04. The molecule has 1 N–H and O–H groups in total.